The van der Waals surface area contributed by atoms with E-state index in [0.29, 0.717) is 41.8 Å². The fourth-order valence-corrected chi connectivity index (χ4v) is 3.84. The van der Waals surface area contributed by atoms with Crippen LogP contribution in [0.2, 0.25) is 0 Å². The molecule has 1 fully saturated rings. The van der Waals surface area contributed by atoms with E-state index in [0.717, 1.165) is 12.8 Å². The topological polar surface area (TPSA) is 103 Å². The van der Waals surface area contributed by atoms with Gasteiger partial charge in [0.05, 0.1) is 12.1 Å². The van der Waals surface area contributed by atoms with Gasteiger partial charge < -0.3 is 19.5 Å². The van der Waals surface area contributed by atoms with E-state index >= 15 is 0 Å². The van der Waals surface area contributed by atoms with Crippen LogP contribution in [-0.2, 0) is 0 Å². The SMILES string of the molecule is O=[N+]([O-])c1c(N2CCCC(c3nc(-c4ccc(F)cc4)no3)C2)nc2ccccn12. The molecule has 30 heavy (non-hydrogen) atoms. The number of aromatic nitrogens is 4. The highest BCUT2D eigenvalue weighted by atomic mass is 19.1. The number of benzene rings is 1. The number of hydrogen-bond donors (Lipinski definition) is 0. The molecule has 9 nitrogen and oxygen atoms in total. The van der Waals surface area contributed by atoms with Crippen LogP contribution in [0.1, 0.15) is 24.7 Å². The molecule has 0 aliphatic carbocycles. The summed E-state index contributed by atoms with van der Waals surface area (Å²) in [6.45, 7) is 1.13. The van der Waals surface area contributed by atoms with Gasteiger partial charge in [-0.25, -0.2) is 4.39 Å². The molecule has 152 valence electrons. The molecule has 0 N–H and O–H groups in total. The molecule has 0 bridgehead atoms. The molecule has 1 atom stereocenters. The Morgan fingerprint density at radius 1 is 1.17 bits per heavy atom. The smallest absolute Gasteiger partial charge is 0.358 e. The Labute approximate surface area is 169 Å². The molecule has 0 radical (unpaired) electrons. The summed E-state index contributed by atoms with van der Waals surface area (Å²) in [6.07, 6.45) is 3.27. The number of pyridine rings is 1. The number of rotatable bonds is 4. The Morgan fingerprint density at radius 2 is 2.00 bits per heavy atom. The van der Waals surface area contributed by atoms with Crippen LogP contribution >= 0.6 is 0 Å². The lowest BCUT2D eigenvalue weighted by atomic mass is 9.98. The molecule has 5 rings (SSSR count). The van der Waals surface area contributed by atoms with Crippen molar-refractivity contribution in [2.45, 2.75) is 18.8 Å². The first kappa shape index (κ1) is 18.2. The van der Waals surface area contributed by atoms with Gasteiger partial charge in [0.2, 0.25) is 23.2 Å². The molecule has 0 spiro atoms. The first-order chi connectivity index (χ1) is 14.6. The lowest BCUT2D eigenvalue weighted by molar-refractivity contribution is -0.389. The maximum absolute atomic E-state index is 13.1. The van der Waals surface area contributed by atoms with E-state index in [-0.39, 0.29) is 17.6 Å². The van der Waals surface area contributed by atoms with Gasteiger partial charge in [0.1, 0.15) is 5.82 Å². The number of halogens is 1. The van der Waals surface area contributed by atoms with Crippen LogP contribution in [0.5, 0.6) is 0 Å². The highest BCUT2D eigenvalue weighted by molar-refractivity contribution is 5.64. The summed E-state index contributed by atoms with van der Waals surface area (Å²) < 4.78 is 20.1. The number of imidazole rings is 1. The van der Waals surface area contributed by atoms with Gasteiger partial charge in [-0.3, -0.25) is 0 Å². The Balaban J connectivity index is 1.43. The second-order valence-electron chi connectivity index (χ2n) is 7.19. The zero-order valence-corrected chi connectivity index (χ0v) is 15.8. The minimum absolute atomic E-state index is 0.0521. The predicted octanol–water partition coefficient (Wildman–Crippen LogP) is 3.82. The first-order valence-electron chi connectivity index (χ1n) is 9.56. The summed E-state index contributed by atoms with van der Waals surface area (Å²) in [7, 11) is 0. The monoisotopic (exact) mass is 408 g/mol. The zero-order valence-electron chi connectivity index (χ0n) is 15.8. The van der Waals surface area contributed by atoms with Crippen molar-refractivity contribution in [3.8, 4) is 11.4 Å². The van der Waals surface area contributed by atoms with Crippen LogP contribution in [0, 0.1) is 15.9 Å². The lowest BCUT2D eigenvalue weighted by Gasteiger charge is -2.30. The van der Waals surface area contributed by atoms with Crippen molar-refractivity contribution in [2.75, 3.05) is 18.0 Å². The van der Waals surface area contributed by atoms with Crippen LogP contribution in [0.4, 0.5) is 16.0 Å². The van der Waals surface area contributed by atoms with Gasteiger partial charge in [0, 0.05) is 24.7 Å². The van der Waals surface area contributed by atoms with E-state index in [2.05, 4.69) is 15.1 Å². The van der Waals surface area contributed by atoms with Crippen molar-refractivity contribution >= 4 is 17.3 Å². The number of fused-ring (bicyclic) bond motifs is 1. The molecular formula is C20H17FN6O3. The first-order valence-corrected chi connectivity index (χ1v) is 9.56. The Kier molecular flexibility index (Phi) is 4.38. The largest absolute Gasteiger partial charge is 0.372 e. The van der Waals surface area contributed by atoms with Gasteiger partial charge in [-0.15, -0.1) is 0 Å². The van der Waals surface area contributed by atoms with Gasteiger partial charge in [-0.1, -0.05) is 11.2 Å². The summed E-state index contributed by atoms with van der Waals surface area (Å²) in [5.74, 6) is 0.730. The van der Waals surface area contributed by atoms with Crippen molar-refractivity contribution < 1.29 is 13.8 Å². The molecule has 1 aliphatic rings. The van der Waals surface area contributed by atoms with Gasteiger partial charge in [0.25, 0.3) is 0 Å². The maximum atomic E-state index is 13.1. The van der Waals surface area contributed by atoms with E-state index in [1.165, 1.54) is 16.5 Å². The molecule has 1 aliphatic heterocycles. The third-order valence-corrected chi connectivity index (χ3v) is 5.27. The number of anilines is 1. The van der Waals surface area contributed by atoms with Crippen LogP contribution in [0.3, 0.4) is 0 Å². The van der Waals surface area contributed by atoms with Gasteiger partial charge in [-0.2, -0.15) is 14.4 Å². The van der Waals surface area contributed by atoms with Crippen LogP contribution in [0.25, 0.3) is 17.0 Å². The molecule has 10 heteroatoms. The summed E-state index contributed by atoms with van der Waals surface area (Å²) in [5, 5.41) is 15.7. The minimum Gasteiger partial charge on any atom is -0.358 e. The van der Waals surface area contributed by atoms with Crippen molar-refractivity contribution in [3.63, 3.8) is 0 Å². The van der Waals surface area contributed by atoms with Gasteiger partial charge in [0.15, 0.2) is 0 Å². The summed E-state index contributed by atoms with van der Waals surface area (Å²) >= 11 is 0. The quantitative estimate of drug-likeness (QED) is 0.374. The maximum Gasteiger partial charge on any atom is 0.372 e. The van der Waals surface area contributed by atoms with E-state index < -0.39 is 4.92 Å². The fraction of sp³-hybridized carbons (Fsp3) is 0.250. The van der Waals surface area contributed by atoms with Gasteiger partial charge in [-0.05, 0) is 48.1 Å². The molecule has 0 saturated carbocycles. The standard InChI is InChI=1S/C20H17FN6O3/c21-15-8-6-13(7-9-15)17-23-19(30-24-17)14-4-3-10-25(12-14)18-20(27(28)29)26-11-2-1-5-16(26)22-18/h1-2,5-9,11,14H,3-4,10,12H2. The second-order valence-corrected chi connectivity index (χ2v) is 7.19. The number of nitrogens with zero attached hydrogens (tertiary/aromatic N) is 6. The molecule has 1 aromatic carbocycles. The molecule has 3 aromatic heterocycles. The van der Waals surface area contributed by atoms with Crippen LogP contribution in [0.15, 0.2) is 53.2 Å². The zero-order chi connectivity index (χ0) is 20.7. The van der Waals surface area contributed by atoms with Crippen molar-refractivity contribution in [1.29, 1.82) is 0 Å². The Hall–Kier alpha value is -3.82. The molecule has 4 aromatic rings. The average molecular weight is 408 g/mol. The van der Waals surface area contributed by atoms with Crippen molar-refractivity contribution in [2.24, 2.45) is 0 Å². The Bertz CT molecular complexity index is 1220. The minimum atomic E-state index is -0.404. The highest BCUT2D eigenvalue weighted by Gasteiger charge is 2.33. The third-order valence-electron chi connectivity index (χ3n) is 5.27. The number of piperidine rings is 1. The number of nitro groups is 1. The third kappa shape index (κ3) is 3.15. The van der Waals surface area contributed by atoms with E-state index in [9.17, 15) is 14.5 Å². The van der Waals surface area contributed by atoms with Crippen molar-refractivity contribution in [3.05, 3.63) is 70.5 Å². The lowest BCUT2D eigenvalue weighted by Crippen LogP contribution is -2.35. The predicted molar refractivity (Wildman–Crippen MR) is 106 cm³/mol. The normalized spacial score (nSPS) is 16.8. The average Bonchev–Trinajstić information content (AvgIpc) is 3.40. The Morgan fingerprint density at radius 3 is 2.80 bits per heavy atom. The molecule has 4 heterocycles. The highest BCUT2D eigenvalue weighted by Crippen LogP contribution is 2.35. The van der Waals surface area contributed by atoms with Crippen LogP contribution in [-0.4, -0.2) is 37.5 Å². The van der Waals surface area contributed by atoms with E-state index in [1.54, 1.807) is 36.5 Å². The fourth-order valence-electron chi connectivity index (χ4n) is 3.84. The molecule has 1 unspecified atom stereocenters. The summed E-state index contributed by atoms with van der Waals surface area (Å²) in [6, 6.07) is 11.1. The second kappa shape index (κ2) is 7.21. The summed E-state index contributed by atoms with van der Waals surface area (Å²) in [5.41, 5.74) is 1.19. The van der Waals surface area contributed by atoms with E-state index in [4.69, 9.17) is 4.52 Å². The number of hydrogen-bond acceptors (Lipinski definition) is 7. The van der Waals surface area contributed by atoms with Gasteiger partial charge >= 0.3 is 5.82 Å². The van der Waals surface area contributed by atoms with Crippen LogP contribution < -0.4 is 4.90 Å². The van der Waals surface area contributed by atoms with E-state index in [1.807, 2.05) is 4.90 Å². The van der Waals surface area contributed by atoms with Crippen molar-refractivity contribution in [1.82, 2.24) is 19.5 Å². The molecule has 1 saturated heterocycles. The molecule has 0 amide bonds. The summed E-state index contributed by atoms with van der Waals surface area (Å²) in [4.78, 5) is 22.2. The molecular weight excluding hydrogens is 391 g/mol.